The van der Waals surface area contributed by atoms with E-state index in [4.69, 9.17) is 10.2 Å². The summed E-state index contributed by atoms with van der Waals surface area (Å²) in [6.45, 7) is 2.75. The minimum atomic E-state index is -0.609. The third kappa shape index (κ3) is 2.25. The first-order valence-electron chi connectivity index (χ1n) is 7.51. The van der Waals surface area contributed by atoms with Crippen LogP contribution in [0.5, 0.6) is 0 Å². The monoisotopic (exact) mass is 273 g/mol. The second kappa shape index (κ2) is 5.23. The molecule has 0 amide bonds. The van der Waals surface area contributed by atoms with Crippen LogP contribution in [0.4, 0.5) is 0 Å². The zero-order valence-electron chi connectivity index (χ0n) is 12.0. The summed E-state index contributed by atoms with van der Waals surface area (Å²) in [7, 11) is 0. The summed E-state index contributed by atoms with van der Waals surface area (Å²) < 4.78 is 5.84. The van der Waals surface area contributed by atoms with Gasteiger partial charge in [0, 0.05) is 17.3 Å². The fourth-order valence-corrected chi connectivity index (χ4v) is 3.69. The van der Waals surface area contributed by atoms with E-state index >= 15 is 0 Å². The third-order valence-corrected chi connectivity index (χ3v) is 4.83. The summed E-state index contributed by atoms with van der Waals surface area (Å²) in [6, 6.07) is 9.83. The number of benzene rings is 1. The summed E-state index contributed by atoms with van der Waals surface area (Å²) in [5.74, 6) is 1.28. The fraction of sp³-hybridized carbons (Fsp3) is 0.529. The SMILES string of the molecule is CC1CCCC(CN)(C(O)c2cc3ccccc3o2)C1. The van der Waals surface area contributed by atoms with Crippen molar-refractivity contribution in [2.45, 2.75) is 38.7 Å². The van der Waals surface area contributed by atoms with Crippen LogP contribution in [0.3, 0.4) is 0 Å². The van der Waals surface area contributed by atoms with E-state index in [0.29, 0.717) is 18.2 Å². The van der Waals surface area contributed by atoms with E-state index in [0.717, 1.165) is 30.2 Å². The van der Waals surface area contributed by atoms with E-state index in [1.54, 1.807) is 0 Å². The summed E-state index contributed by atoms with van der Waals surface area (Å²) >= 11 is 0. The molecule has 108 valence electrons. The van der Waals surface area contributed by atoms with E-state index < -0.39 is 6.10 Å². The number of rotatable bonds is 3. The van der Waals surface area contributed by atoms with Crippen LogP contribution >= 0.6 is 0 Å². The highest BCUT2D eigenvalue weighted by Gasteiger charge is 2.42. The Morgan fingerprint density at radius 2 is 2.25 bits per heavy atom. The molecular formula is C17H23NO2. The van der Waals surface area contributed by atoms with Crippen LogP contribution in [0, 0.1) is 11.3 Å². The zero-order chi connectivity index (χ0) is 14.2. The van der Waals surface area contributed by atoms with E-state index in [1.165, 1.54) is 6.42 Å². The summed E-state index contributed by atoms with van der Waals surface area (Å²) in [4.78, 5) is 0. The van der Waals surface area contributed by atoms with Crippen LogP contribution < -0.4 is 5.73 Å². The molecular weight excluding hydrogens is 250 g/mol. The molecule has 2 aromatic rings. The first-order valence-corrected chi connectivity index (χ1v) is 7.51. The van der Waals surface area contributed by atoms with Gasteiger partial charge in [-0.1, -0.05) is 38.0 Å². The Morgan fingerprint density at radius 1 is 1.45 bits per heavy atom. The van der Waals surface area contributed by atoms with Crippen LogP contribution in [0.15, 0.2) is 34.7 Å². The normalized spacial score (nSPS) is 28.6. The van der Waals surface area contributed by atoms with Crippen molar-refractivity contribution in [2.24, 2.45) is 17.1 Å². The molecule has 20 heavy (non-hydrogen) atoms. The highest BCUT2D eigenvalue weighted by atomic mass is 16.4. The van der Waals surface area contributed by atoms with Crippen molar-refractivity contribution in [3.05, 3.63) is 36.1 Å². The Bertz CT molecular complexity index is 558. The first-order chi connectivity index (χ1) is 9.64. The van der Waals surface area contributed by atoms with Gasteiger partial charge in [-0.25, -0.2) is 0 Å². The number of furan rings is 1. The molecule has 1 aliphatic rings. The average molecular weight is 273 g/mol. The lowest BCUT2D eigenvalue weighted by Gasteiger charge is -2.42. The van der Waals surface area contributed by atoms with Crippen molar-refractivity contribution in [3.8, 4) is 0 Å². The molecule has 1 saturated carbocycles. The second-order valence-electron chi connectivity index (χ2n) is 6.36. The quantitative estimate of drug-likeness (QED) is 0.898. The Hall–Kier alpha value is -1.32. The van der Waals surface area contributed by atoms with Gasteiger partial charge in [-0.15, -0.1) is 0 Å². The molecule has 3 rings (SSSR count). The number of para-hydroxylation sites is 1. The molecule has 1 heterocycles. The summed E-state index contributed by atoms with van der Waals surface area (Å²) in [5.41, 5.74) is 6.63. The Labute approximate surface area is 119 Å². The largest absolute Gasteiger partial charge is 0.458 e. The number of hydrogen-bond acceptors (Lipinski definition) is 3. The van der Waals surface area contributed by atoms with Crippen molar-refractivity contribution in [1.29, 1.82) is 0 Å². The number of aliphatic hydroxyl groups excluding tert-OH is 1. The molecule has 1 aromatic carbocycles. The highest BCUT2D eigenvalue weighted by Crippen LogP contribution is 2.47. The predicted molar refractivity (Wildman–Crippen MR) is 80.3 cm³/mol. The topological polar surface area (TPSA) is 59.4 Å². The Morgan fingerprint density at radius 3 is 2.95 bits per heavy atom. The van der Waals surface area contributed by atoms with E-state index in [1.807, 2.05) is 30.3 Å². The maximum absolute atomic E-state index is 10.8. The van der Waals surface area contributed by atoms with Gasteiger partial charge in [0.25, 0.3) is 0 Å². The molecule has 1 aromatic heterocycles. The highest BCUT2D eigenvalue weighted by molar-refractivity contribution is 5.77. The summed E-state index contributed by atoms with van der Waals surface area (Å²) in [5, 5.41) is 11.9. The van der Waals surface area contributed by atoms with Gasteiger partial charge in [0.05, 0.1) is 0 Å². The molecule has 3 unspecified atom stereocenters. The lowest BCUT2D eigenvalue weighted by Crippen LogP contribution is -2.40. The average Bonchev–Trinajstić information content (AvgIpc) is 2.90. The number of fused-ring (bicyclic) bond motifs is 1. The maximum Gasteiger partial charge on any atom is 0.134 e. The zero-order valence-corrected chi connectivity index (χ0v) is 12.0. The van der Waals surface area contributed by atoms with Crippen LogP contribution in [-0.4, -0.2) is 11.7 Å². The van der Waals surface area contributed by atoms with E-state index in [9.17, 15) is 5.11 Å². The van der Waals surface area contributed by atoms with Crippen molar-refractivity contribution in [3.63, 3.8) is 0 Å². The molecule has 0 bridgehead atoms. The van der Waals surface area contributed by atoms with Gasteiger partial charge in [0.15, 0.2) is 0 Å². The second-order valence-corrected chi connectivity index (χ2v) is 6.36. The van der Waals surface area contributed by atoms with Crippen molar-refractivity contribution >= 4 is 11.0 Å². The molecule has 0 saturated heterocycles. The van der Waals surface area contributed by atoms with Gasteiger partial charge < -0.3 is 15.3 Å². The smallest absolute Gasteiger partial charge is 0.134 e. The number of hydrogen-bond donors (Lipinski definition) is 2. The standard InChI is InChI=1S/C17H23NO2/c1-12-5-4-8-17(10-12,11-18)16(19)15-9-13-6-2-3-7-14(13)20-15/h2-3,6-7,9,12,16,19H,4-5,8,10-11,18H2,1H3. The number of aliphatic hydroxyl groups is 1. The minimum Gasteiger partial charge on any atom is -0.458 e. The first kappa shape index (κ1) is 13.7. The van der Waals surface area contributed by atoms with Gasteiger partial charge in [-0.05, 0) is 30.9 Å². The Balaban J connectivity index is 1.94. The molecule has 0 radical (unpaired) electrons. The van der Waals surface area contributed by atoms with Crippen LogP contribution in [0.1, 0.15) is 44.5 Å². The third-order valence-electron chi connectivity index (χ3n) is 4.83. The van der Waals surface area contributed by atoms with Gasteiger partial charge in [-0.2, -0.15) is 0 Å². The molecule has 3 atom stereocenters. The van der Waals surface area contributed by atoms with Crippen molar-refractivity contribution < 1.29 is 9.52 Å². The minimum absolute atomic E-state index is 0.231. The molecule has 1 aliphatic carbocycles. The van der Waals surface area contributed by atoms with Crippen LogP contribution in [0.25, 0.3) is 11.0 Å². The van der Waals surface area contributed by atoms with E-state index in [-0.39, 0.29) is 5.41 Å². The fourth-order valence-electron chi connectivity index (χ4n) is 3.69. The van der Waals surface area contributed by atoms with Crippen LogP contribution in [-0.2, 0) is 0 Å². The van der Waals surface area contributed by atoms with Gasteiger partial charge in [-0.3, -0.25) is 0 Å². The predicted octanol–water partition coefficient (Wildman–Crippen LogP) is 3.62. The van der Waals surface area contributed by atoms with Gasteiger partial charge >= 0.3 is 0 Å². The molecule has 3 heteroatoms. The van der Waals surface area contributed by atoms with Crippen molar-refractivity contribution in [1.82, 2.24) is 0 Å². The van der Waals surface area contributed by atoms with Gasteiger partial charge in [0.1, 0.15) is 17.4 Å². The lowest BCUT2D eigenvalue weighted by atomic mass is 9.66. The molecule has 3 nitrogen and oxygen atoms in total. The molecule has 0 spiro atoms. The number of nitrogens with two attached hydrogens (primary N) is 1. The van der Waals surface area contributed by atoms with Gasteiger partial charge in [0.2, 0.25) is 0 Å². The maximum atomic E-state index is 10.8. The molecule has 0 aliphatic heterocycles. The molecule has 1 fully saturated rings. The Kier molecular flexibility index (Phi) is 3.57. The lowest BCUT2D eigenvalue weighted by molar-refractivity contribution is -0.0247. The van der Waals surface area contributed by atoms with Crippen LogP contribution in [0.2, 0.25) is 0 Å². The summed E-state index contributed by atoms with van der Waals surface area (Å²) in [6.07, 6.45) is 3.71. The van der Waals surface area contributed by atoms with Crippen molar-refractivity contribution in [2.75, 3.05) is 6.54 Å². The van der Waals surface area contributed by atoms with E-state index in [2.05, 4.69) is 6.92 Å². The molecule has 3 N–H and O–H groups in total.